The van der Waals surface area contributed by atoms with Crippen molar-refractivity contribution in [2.75, 3.05) is 20.2 Å². The Kier molecular flexibility index (Phi) is 4.46. The predicted octanol–water partition coefficient (Wildman–Crippen LogP) is 2.13. The van der Waals surface area contributed by atoms with Crippen molar-refractivity contribution >= 4 is 11.9 Å². The summed E-state index contributed by atoms with van der Waals surface area (Å²) in [7, 11) is 1.42. The Bertz CT molecular complexity index is 805. The van der Waals surface area contributed by atoms with Gasteiger partial charge in [0.25, 0.3) is 5.91 Å². The lowest BCUT2D eigenvalue weighted by Gasteiger charge is -2.24. The van der Waals surface area contributed by atoms with E-state index in [-0.39, 0.29) is 23.6 Å². The Hall–Kier alpha value is -2.86. The Balaban J connectivity index is 1.85. The van der Waals surface area contributed by atoms with E-state index in [2.05, 4.69) is 0 Å². The second-order valence-electron chi connectivity index (χ2n) is 6.13. The quantitative estimate of drug-likeness (QED) is 0.889. The molecule has 1 aliphatic heterocycles. The van der Waals surface area contributed by atoms with E-state index in [1.54, 1.807) is 0 Å². The lowest BCUT2D eigenvalue weighted by atomic mass is 9.93. The zero-order valence-electron chi connectivity index (χ0n) is 13.8. The second-order valence-corrected chi connectivity index (χ2v) is 6.13. The minimum absolute atomic E-state index is 0.0137. The van der Waals surface area contributed by atoms with Crippen LogP contribution in [0.3, 0.4) is 0 Å². The number of likely N-dealkylation sites (tertiary alicyclic amines) is 1. The number of amides is 1. The van der Waals surface area contributed by atoms with Crippen LogP contribution in [0.15, 0.2) is 48.5 Å². The molecule has 1 heterocycles. The zero-order chi connectivity index (χ0) is 18.0. The highest BCUT2D eigenvalue weighted by Crippen LogP contribution is 2.33. The molecular weight excluding hydrogens is 322 g/mol. The van der Waals surface area contributed by atoms with Gasteiger partial charge in [-0.05, 0) is 30.2 Å². The monoisotopic (exact) mass is 341 g/mol. The highest BCUT2D eigenvalue weighted by molar-refractivity contribution is 5.98. The molecule has 1 aliphatic rings. The number of ether oxygens (including phenoxy) is 1. The van der Waals surface area contributed by atoms with Crippen LogP contribution in [0.5, 0.6) is 5.75 Å². The molecule has 0 radical (unpaired) electrons. The minimum Gasteiger partial charge on any atom is -0.497 e. The Morgan fingerprint density at radius 2 is 1.80 bits per heavy atom. The molecule has 2 N–H and O–H groups in total. The molecule has 6 nitrogen and oxygen atoms in total. The summed E-state index contributed by atoms with van der Waals surface area (Å²) in [6.45, 7) is 0.555. The first-order chi connectivity index (χ1) is 11.9. The molecule has 2 aromatic rings. The number of hydrogen-bond acceptors (Lipinski definition) is 4. The summed E-state index contributed by atoms with van der Waals surface area (Å²) in [6.07, 6.45) is 0.429. The van der Waals surface area contributed by atoms with E-state index in [9.17, 15) is 19.8 Å². The third kappa shape index (κ3) is 3.34. The molecule has 0 aliphatic carbocycles. The first kappa shape index (κ1) is 17.0. The molecule has 25 heavy (non-hydrogen) atoms. The summed E-state index contributed by atoms with van der Waals surface area (Å²) in [5, 5.41) is 20.0. The summed E-state index contributed by atoms with van der Waals surface area (Å²) in [6, 6.07) is 13.4. The average molecular weight is 341 g/mol. The van der Waals surface area contributed by atoms with Gasteiger partial charge in [0.15, 0.2) is 0 Å². The summed E-state index contributed by atoms with van der Waals surface area (Å²) in [5.74, 6) is -1.15. The summed E-state index contributed by atoms with van der Waals surface area (Å²) in [5.41, 5.74) is -0.109. The van der Waals surface area contributed by atoms with Gasteiger partial charge in [-0.3, -0.25) is 4.79 Å². The number of nitrogens with zero attached hydrogens (tertiary/aromatic N) is 1. The van der Waals surface area contributed by atoms with Crippen molar-refractivity contribution < 1.29 is 24.5 Å². The standard InChI is InChI=1S/C19H19NO5/c1-25-16-10-13(9-14(11-16)18(22)23)17(21)20-8-7-19(24,12-20)15-5-3-2-4-6-15/h2-6,9-11,24H,7-8,12H2,1H3,(H,22,23)/t19-/m0/s1. The third-order valence-corrected chi connectivity index (χ3v) is 4.48. The summed E-state index contributed by atoms with van der Waals surface area (Å²) >= 11 is 0. The van der Waals surface area contributed by atoms with Crippen molar-refractivity contribution in [3.63, 3.8) is 0 Å². The van der Waals surface area contributed by atoms with E-state index in [1.165, 1.54) is 30.2 Å². The molecule has 1 amide bonds. The Morgan fingerprint density at radius 1 is 1.12 bits per heavy atom. The van der Waals surface area contributed by atoms with Gasteiger partial charge in [-0.1, -0.05) is 30.3 Å². The fourth-order valence-corrected chi connectivity index (χ4v) is 3.10. The van der Waals surface area contributed by atoms with Gasteiger partial charge < -0.3 is 19.8 Å². The number of β-amino-alcohol motifs (C(OH)–C–C–N with tert-alkyl or cyclic N) is 1. The van der Waals surface area contributed by atoms with Crippen LogP contribution >= 0.6 is 0 Å². The van der Waals surface area contributed by atoms with Crippen LogP contribution in [0.25, 0.3) is 0 Å². The maximum atomic E-state index is 12.8. The van der Waals surface area contributed by atoms with Crippen molar-refractivity contribution in [1.29, 1.82) is 0 Å². The lowest BCUT2D eigenvalue weighted by Crippen LogP contribution is -2.34. The van der Waals surface area contributed by atoms with Crippen LogP contribution in [0.4, 0.5) is 0 Å². The molecular formula is C19H19NO5. The van der Waals surface area contributed by atoms with Crippen molar-refractivity contribution in [2.24, 2.45) is 0 Å². The number of carboxylic acid groups (broad SMARTS) is 1. The molecule has 2 aromatic carbocycles. The molecule has 3 rings (SSSR count). The minimum atomic E-state index is -1.13. The van der Waals surface area contributed by atoms with Crippen molar-refractivity contribution in [3.05, 3.63) is 65.2 Å². The molecule has 0 bridgehead atoms. The Morgan fingerprint density at radius 3 is 2.44 bits per heavy atom. The lowest BCUT2D eigenvalue weighted by molar-refractivity contribution is 0.0417. The van der Waals surface area contributed by atoms with Crippen LogP contribution in [-0.4, -0.2) is 47.2 Å². The van der Waals surface area contributed by atoms with Gasteiger partial charge in [-0.25, -0.2) is 4.79 Å². The van der Waals surface area contributed by atoms with Gasteiger partial charge in [-0.15, -0.1) is 0 Å². The Labute approximate surface area is 145 Å². The van der Waals surface area contributed by atoms with Gasteiger partial charge in [-0.2, -0.15) is 0 Å². The highest BCUT2D eigenvalue weighted by Gasteiger charge is 2.39. The molecule has 130 valence electrons. The number of carboxylic acids is 1. The summed E-state index contributed by atoms with van der Waals surface area (Å²) < 4.78 is 5.09. The molecule has 0 saturated carbocycles. The largest absolute Gasteiger partial charge is 0.497 e. The SMILES string of the molecule is COc1cc(C(=O)O)cc(C(=O)N2CC[C@@](O)(c3ccccc3)C2)c1. The smallest absolute Gasteiger partial charge is 0.335 e. The van der Waals surface area contributed by atoms with E-state index in [4.69, 9.17) is 4.74 Å². The molecule has 6 heteroatoms. The van der Waals surface area contributed by atoms with Gasteiger partial charge in [0.2, 0.25) is 0 Å². The van der Waals surface area contributed by atoms with Crippen LogP contribution < -0.4 is 4.74 Å². The van der Waals surface area contributed by atoms with Crippen molar-refractivity contribution in [3.8, 4) is 5.75 Å². The van der Waals surface area contributed by atoms with E-state index in [0.29, 0.717) is 18.7 Å². The normalized spacial score (nSPS) is 19.7. The molecule has 1 saturated heterocycles. The maximum absolute atomic E-state index is 12.8. The number of rotatable bonds is 4. The number of aliphatic hydroxyl groups is 1. The first-order valence-electron chi connectivity index (χ1n) is 7.92. The van der Waals surface area contributed by atoms with E-state index in [0.717, 1.165) is 5.56 Å². The number of methoxy groups -OCH3 is 1. The molecule has 0 unspecified atom stereocenters. The molecule has 1 atom stereocenters. The number of carbonyl (C=O) groups is 2. The molecule has 0 aromatic heterocycles. The first-order valence-corrected chi connectivity index (χ1v) is 7.92. The topological polar surface area (TPSA) is 87.1 Å². The number of aromatic carboxylic acids is 1. The maximum Gasteiger partial charge on any atom is 0.335 e. The average Bonchev–Trinajstić information content (AvgIpc) is 3.05. The third-order valence-electron chi connectivity index (χ3n) is 4.48. The molecule has 0 spiro atoms. The van der Waals surface area contributed by atoms with E-state index >= 15 is 0 Å². The number of carbonyl (C=O) groups excluding carboxylic acids is 1. The number of hydrogen-bond donors (Lipinski definition) is 2. The predicted molar refractivity (Wildman–Crippen MR) is 90.8 cm³/mol. The van der Waals surface area contributed by atoms with Crippen LogP contribution in [0.1, 0.15) is 32.7 Å². The van der Waals surface area contributed by atoms with Gasteiger partial charge in [0, 0.05) is 12.1 Å². The fraction of sp³-hybridized carbons (Fsp3) is 0.263. The van der Waals surface area contributed by atoms with Crippen molar-refractivity contribution in [1.82, 2.24) is 4.90 Å². The van der Waals surface area contributed by atoms with Crippen molar-refractivity contribution in [2.45, 2.75) is 12.0 Å². The van der Waals surface area contributed by atoms with Crippen LogP contribution in [-0.2, 0) is 5.60 Å². The van der Waals surface area contributed by atoms with Crippen LogP contribution in [0, 0.1) is 0 Å². The van der Waals surface area contributed by atoms with E-state index in [1.807, 2.05) is 30.3 Å². The zero-order valence-corrected chi connectivity index (χ0v) is 13.8. The van der Waals surface area contributed by atoms with Gasteiger partial charge >= 0.3 is 5.97 Å². The highest BCUT2D eigenvalue weighted by atomic mass is 16.5. The number of benzene rings is 2. The van der Waals surface area contributed by atoms with Crippen LogP contribution in [0.2, 0.25) is 0 Å². The summed E-state index contributed by atoms with van der Waals surface area (Å²) in [4.78, 5) is 25.5. The second kappa shape index (κ2) is 6.57. The molecule has 1 fully saturated rings. The van der Waals surface area contributed by atoms with Gasteiger partial charge in [0.1, 0.15) is 11.4 Å². The fourth-order valence-electron chi connectivity index (χ4n) is 3.10. The van der Waals surface area contributed by atoms with E-state index < -0.39 is 11.6 Å². The van der Waals surface area contributed by atoms with Gasteiger partial charge in [0.05, 0.1) is 19.2 Å².